The summed E-state index contributed by atoms with van der Waals surface area (Å²) in [6, 6.07) is -4.81. The highest BCUT2D eigenvalue weighted by atomic mass is 16.4. The number of nitrogens with two attached hydrogens (primary N) is 4. The molecule has 41 heavy (non-hydrogen) atoms. The first-order valence-electron chi connectivity index (χ1n) is 14.2. The van der Waals surface area contributed by atoms with Gasteiger partial charge in [0.1, 0.15) is 24.2 Å². The van der Waals surface area contributed by atoms with Crippen LogP contribution in [-0.4, -0.2) is 95.4 Å². The number of guanidine groups is 1. The van der Waals surface area contributed by atoms with Crippen molar-refractivity contribution in [2.24, 2.45) is 33.8 Å². The number of hydrogen-bond donors (Lipinski definition) is 8. The number of aliphatic carboxylic acids is 1. The largest absolute Gasteiger partial charge is 0.480 e. The molecule has 12 N–H and O–H groups in total. The molecule has 0 aliphatic carbocycles. The SMILES string of the molecule is CC(C)C[C@@H](N)C(=O)N[C@H](CCCN=C(N)N)C(=O)N[C@H](C)C(=O)N[C@H](CCCCN)C(=O)N1CCC[C@H]1C(=O)O. The van der Waals surface area contributed by atoms with Gasteiger partial charge in [0, 0.05) is 13.1 Å². The van der Waals surface area contributed by atoms with Gasteiger partial charge in [-0.3, -0.25) is 24.2 Å². The van der Waals surface area contributed by atoms with Crippen molar-refractivity contribution in [3.05, 3.63) is 0 Å². The highest BCUT2D eigenvalue weighted by molar-refractivity contribution is 5.95. The molecule has 0 spiro atoms. The highest BCUT2D eigenvalue weighted by Gasteiger charge is 2.38. The molecule has 1 saturated heterocycles. The third kappa shape index (κ3) is 12.7. The minimum Gasteiger partial charge on any atom is -0.480 e. The van der Waals surface area contributed by atoms with Gasteiger partial charge in [0.2, 0.25) is 23.6 Å². The summed E-state index contributed by atoms with van der Waals surface area (Å²) in [7, 11) is 0. The van der Waals surface area contributed by atoms with Crippen LogP contribution in [0.5, 0.6) is 0 Å². The summed E-state index contributed by atoms with van der Waals surface area (Å²) < 4.78 is 0. The topological polar surface area (TPSA) is 261 Å². The fourth-order valence-electron chi connectivity index (χ4n) is 4.58. The number of amides is 4. The van der Waals surface area contributed by atoms with E-state index in [1.807, 2.05) is 13.8 Å². The second kappa shape index (κ2) is 18.1. The standard InChI is InChI=1S/C26H49N9O6/c1-15(2)14-17(28)22(37)33-18(9-6-12-31-26(29)30)23(38)32-16(3)21(36)34-19(8-4-5-11-27)24(39)35-13-7-10-20(35)25(40)41/h15-20H,4-14,27-28H2,1-3H3,(H,32,38)(H,33,37)(H,34,36)(H,40,41)(H4,29,30,31)/t16-,17-,18-,19-,20+/m1/s1. The quantitative estimate of drug-likeness (QED) is 0.0504. The van der Waals surface area contributed by atoms with E-state index in [0.29, 0.717) is 45.1 Å². The molecule has 0 aromatic rings. The Bertz CT molecular complexity index is 925. The average Bonchev–Trinajstić information content (AvgIpc) is 3.39. The first-order valence-corrected chi connectivity index (χ1v) is 14.2. The van der Waals surface area contributed by atoms with Crippen molar-refractivity contribution in [2.75, 3.05) is 19.6 Å². The Morgan fingerprint density at radius 1 is 0.927 bits per heavy atom. The van der Waals surface area contributed by atoms with Gasteiger partial charge in [-0.25, -0.2) is 4.79 Å². The molecule has 15 nitrogen and oxygen atoms in total. The van der Waals surface area contributed by atoms with Crippen LogP contribution in [0.25, 0.3) is 0 Å². The molecule has 0 aromatic heterocycles. The van der Waals surface area contributed by atoms with E-state index in [0.717, 1.165) is 0 Å². The molecule has 0 unspecified atom stereocenters. The molecule has 0 aromatic carbocycles. The molecule has 1 fully saturated rings. The first kappa shape index (κ1) is 35.6. The summed E-state index contributed by atoms with van der Waals surface area (Å²) in [5.41, 5.74) is 22.3. The van der Waals surface area contributed by atoms with Crippen molar-refractivity contribution in [1.29, 1.82) is 0 Å². The number of rotatable bonds is 18. The van der Waals surface area contributed by atoms with Crippen molar-refractivity contribution in [3.63, 3.8) is 0 Å². The Balaban J connectivity index is 2.94. The van der Waals surface area contributed by atoms with Crippen LogP contribution in [0, 0.1) is 5.92 Å². The van der Waals surface area contributed by atoms with Gasteiger partial charge in [0.15, 0.2) is 5.96 Å². The lowest BCUT2D eigenvalue weighted by Crippen LogP contribution is -2.57. The summed E-state index contributed by atoms with van der Waals surface area (Å²) in [5.74, 6) is -3.25. The van der Waals surface area contributed by atoms with Gasteiger partial charge in [0.25, 0.3) is 0 Å². The highest BCUT2D eigenvalue weighted by Crippen LogP contribution is 2.20. The maximum Gasteiger partial charge on any atom is 0.326 e. The molecule has 15 heteroatoms. The van der Waals surface area contributed by atoms with E-state index in [1.54, 1.807) is 0 Å². The summed E-state index contributed by atoms with van der Waals surface area (Å²) in [5, 5.41) is 17.4. The molecule has 1 rings (SSSR count). The number of carbonyl (C=O) groups is 5. The van der Waals surface area contributed by atoms with Crippen LogP contribution >= 0.6 is 0 Å². The predicted octanol–water partition coefficient (Wildman–Crippen LogP) is -1.91. The normalized spacial score (nSPS) is 17.7. The van der Waals surface area contributed by atoms with E-state index in [1.165, 1.54) is 11.8 Å². The lowest BCUT2D eigenvalue weighted by Gasteiger charge is -2.28. The molecule has 1 aliphatic rings. The Morgan fingerprint density at radius 2 is 1.56 bits per heavy atom. The van der Waals surface area contributed by atoms with Gasteiger partial charge in [-0.1, -0.05) is 13.8 Å². The van der Waals surface area contributed by atoms with E-state index in [4.69, 9.17) is 22.9 Å². The third-order valence-electron chi connectivity index (χ3n) is 6.77. The van der Waals surface area contributed by atoms with Crippen molar-refractivity contribution >= 4 is 35.6 Å². The van der Waals surface area contributed by atoms with Crippen LogP contribution in [0.3, 0.4) is 0 Å². The molecule has 1 heterocycles. The summed E-state index contributed by atoms with van der Waals surface area (Å²) in [6.45, 7) is 6.22. The number of aliphatic imine (C=N–C) groups is 1. The smallest absolute Gasteiger partial charge is 0.326 e. The summed E-state index contributed by atoms with van der Waals surface area (Å²) >= 11 is 0. The molecular formula is C26H49N9O6. The second-order valence-electron chi connectivity index (χ2n) is 10.8. The van der Waals surface area contributed by atoms with Crippen molar-refractivity contribution in [1.82, 2.24) is 20.9 Å². The zero-order valence-corrected chi connectivity index (χ0v) is 24.4. The minimum atomic E-state index is -1.09. The number of carbonyl (C=O) groups excluding carboxylic acids is 4. The van der Waals surface area contributed by atoms with Gasteiger partial charge in [-0.2, -0.15) is 0 Å². The number of hydrogen-bond acceptors (Lipinski definition) is 8. The van der Waals surface area contributed by atoms with Gasteiger partial charge in [0.05, 0.1) is 6.04 Å². The molecule has 234 valence electrons. The Labute approximate surface area is 241 Å². The van der Waals surface area contributed by atoms with Crippen LogP contribution in [0.4, 0.5) is 0 Å². The monoisotopic (exact) mass is 583 g/mol. The van der Waals surface area contributed by atoms with Gasteiger partial charge < -0.3 is 48.9 Å². The number of carboxylic acid groups (broad SMARTS) is 1. The van der Waals surface area contributed by atoms with Gasteiger partial charge in [-0.05, 0) is 70.8 Å². The van der Waals surface area contributed by atoms with E-state index in [2.05, 4.69) is 20.9 Å². The predicted molar refractivity (Wildman–Crippen MR) is 154 cm³/mol. The van der Waals surface area contributed by atoms with Crippen LogP contribution < -0.4 is 38.9 Å². The van der Waals surface area contributed by atoms with Crippen LogP contribution in [0.2, 0.25) is 0 Å². The maximum atomic E-state index is 13.2. The molecular weight excluding hydrogens is 534 g/mol. The summed E-state index contributed by atoms with van der Waals surface area (Å²) in [6.07, 6.45) is 3.30. The average molecular weight is 584 g/mol. The van der Waals surface area contributed by atoms with E-state index >= 15 is 0 Å². The van der Waals surface area contributed by atoms with E-state index in [9.17, 15) is 29.1 Å². The van der Waals surface area contributed by atoms with E-state index in [-0.39, 0.29) is 37.8 Å². The van der Waals surface area contributed by atoms with Gasteiger partial charge >= 0.3 is 5.97 Å². The number of nitrogens with one attached hydrogen (secondary N) is 3. The summed E-state index contributed by atoms with van der Waals surface area (Å²) in [4.78, 5) is 68.9. The number of carboxylic acids is 1. The number of nitrogens with zero attached hydrogens (tertiary/aromatic N) is 2. The van der Waals surface area contributed by atoms with Crippen molar-refractivity contribution < 1.29 is 29.1 Å². The lowest BCUT2D eigenvalue weighted by molar-refractivity contribution is -0.149. The van der Waals surface area contributed by atoms with Crippen molar-refractivity contribution in [3.8, 4) is 0 Å². The van der Waals surface area contributed by atoms with Crippen molar-refractivity contribution in [2.45, 2.75) is 102 Å². The third-order valence-corrected chi connectivity index (χ3v) is 6.77. The molecule has 4 amide bonds. The van der Waals surface area contributed by atoms with Crippen LogP contribution in [0.15, 0.2) is 4.99 Å². The fraction of sp³-hybridized carbons (Fsp3) is 0.769. The lowest BCUT2D eigenvalue weighted by atomic mass is 10.0. The molecule has 0 radical (unpaired) electrons. The Hall–Kier alpha value is -3.46. The maximum absolute atomic E-state index is 13.2. The minimum absolute atomic E-state index is 0.0987. The zero-order valence-electron chi connectivity index (χ0n) is 24.4. The second-order valence-corrected chi connectivity index (χ2v) is 10.8. The fourth-order valence-corrected chi connectivity index (χ4v) is 4.58. The molecule has 1 aliphatic heterocycles. The number of unbranched alkanes of at least 4 members (excludes halogenated alkanes) is 1. The molecule has 0 saturated carbocycles. The van der Waals surface area contributed by atoms with E-state index < -0.39 is 59.8 Å². The van der Waals surface area contributed by atoms with Crippen LogP contribution in [0.1, 0.15) is 72.1 Å². The Morgan fingerprint density at radius 3 is 2.15 bits per heavy atom. The molecule has 0 bridgehead atoms. The van der Waals surface area contributed by atoms with Gasteiger partial charge in [-0.15, -0.1) is 0 Å². The molecule has 5 atom stereocenters. The zero-order chi connectivity index (χ0) is 31.1. The Kier molecular flexibility index (Phi) is 15.7. The number of likely N-dealkylation sites (tertiary alicyclic amines) is 1. The van der Waals surface area contributed by atoms with Crippen LogP contribution in [-0.2, 0) is 24.0 Å². The first-order chi connectivity index (χ1) is 19.3.